The predicted molar refractivity (Wildman–Crippen MR) is 87.9 cm³/mol. The number of aliphatic hydroxyl groups excluding tert-OH is 1. The van der Waals surface area contributed by atoms with Crippen LogP contribution in [0, 0.1) is 22.7 Å². The maximum Gasteiger partial charge on any atom is 0.303 e. The van der Waals surface area contributed by atoms with Crippen LogP contribution in [-0.4, -0.2) is 35.4 Å². The maximum absolute atomic E-state index is 11.7. The molecule has 6 atom stereocenters. The molecule has 2 saturated carbocycles. The van der Waals surface area contributed by atoms with Crippen LogP contribution in [0.1, 0.15) is 54.4 Å². The molecular formula is C19H28O5. The average Bonchev–Trinajstić information content (AvgIpc) is 2.76. The van der Waals surface area contributed by atoms with E-state index in [1.165, 1.54) is 13.8 Å². The summed E-state index contributed by atoms with van der Waals surface area (Å²) in [5.41, 5.74) is 1.55. The van der Waals surface area contributed by atoms with Crippen molar-refractivity contribution in [3.8, 4) is 0 Å². The van der Waals surface area contributed by atoms with E-state index in [1.54, 1.807) is 0 Å². The number of carbonyl (C=O) groups is 2. The first-order valence-electron chi connectivity index (χ1n) is 8.77. The van der Waals surface area contributed by atoms with E-state index in [2.05, 4.69) is 20.8 Å². The lowest BCUT2D eigenvalue weighted by Gasteiger charge is -2.53. The average molecular weight is 336 g/mol. The second-order valence-electron chi connectivity index (χ2n) is 8.32. The Hall–Kier alpha value is -1.36. The molecule has 5 heteroatoms. The monoisotopic (exact) mass is 336 g/mol. The topological polar surface area (TPSA) is 72.8 Å². The van der Waals surface area contributed by atoms with Gasteiger partial charge in [0.15, 0.2) is 0 Å². The molecule has 0 heterocycles. The molecule has 0 aromatic rings. The minimum atomic E-state index is -0.531. The third-order valence-corrected chi connectivity index (χ3v) is 7.08. The molecule has 0 amide bonds. The Morgan fingerprint density at radius 2 is 1.75 bits per heavy atom. The van der Waals surface area contributed by atoms with Crippen LogP contribution < -0.4 is 0 Å². The van der Waals surface area contributed by atoms with Gasteiger partial charge in [-0.1, -0.05) is 20.8 Å². The number of esters is 2. The zero-order valence-electron chi connectivity index (χ0n) is 15.4. The first-order chi connectivity index (χ1) is 11.0. The number of ether oxygens (including phenoxy) is 2. The minimum Gasteiger partial charge on any atom is -0.462 e. The molecule has 0 unspecified atom stereocenters. The van der Waals surface area contributed by atoms with Crippen molar-refractivity contribution in [2.75, 3.05) is 0 Å². The Morgan fingerprint density at radius 1 is 1.17 bits per heavy atom. The van der Waals surface area contributed by atoms with Crippen molar-refractivity contribution in [2.45, 2.75) is 72.7 Å². The van der Waals surface area contributed by atoms with Gasteiger partial charge in [0.2, 0.25) is 0 Å². The number of rotatable bonds is 2. The lowest BCUT2D eigenvalue weighted by Crippen LogP contribution is -2.52. The molecule has 0 saturated heterocycles. The SMILES string of the molecule is CC(=O)O[C@H]1C[C@@H]2[C@H](OC(C)=O)C3=C(C)[C@@H](O)C[C@@]3([C@@H]1C)C2(C)C. The summed E-state index contributed by atoms with van der Waals surface area (Å²) >= 11 is 0. The predicted octanol–water partition coefficient (Wildman–Crippen LogP) is 2.61. The second kappa shape index (κ2) is 5.32. The van der Waals surface area contributed by atoms with Gasteiger partial charge in [-0.05, 0) is 36.3 Å². The van der Waals surface area contributed by atoms with Crippen molar-refractivity contribution in [1.82, 2.24) is 0 Å². The van der Waals surface area contributed by atoms with Crippen molar-refractivity contribution in [3.05, 3.63) is 11.1 Å². The largest absolute Gasteiger partial charge is 0.462 e. The van der Waals surface area contributed by atoms with Crippen LogP contribution in [0.15, 0.2) is 11.1 Å². The van der Waals surface area contributed by atoms with E-state index in [0.717, 1.165) is 11.1 Å². The Labute approximate surface area is 143 Å². The summed E-state index contributed by atoms with van der Waals surface area (Å²) in [6, 6.07) is 0. The molecule has 1 N–H and O–H groups in total. The summed E-state index contributed by atoms with van der Waals surface area (Å²) in [6.45, 7) is 11.3. The van der Waals surface area contributed by atoms with Crippen molar-refractivity contribution < 1.29 is 24.2 Å². The summed E-state index contributed by atoms with van der Waals surface area (Å²) < 4.78 is 11.4. The number of carbonyl (C=O) groups excluding carboxylic acids is 2. The fourth-order valence-corrected chi connectivity index (χ4v) is 5.99. The molecular weight excluding hydrogens is 308 g/mol. The van der Waals surface area contributed by atoms with E-state index in [9.17, 15) is 14.7 Å². The summed E-state index contributed by atoms with van der Waals surface area (Å²) in [4.78, 5) is 23.3. The Bertz CT molecular complexity index is 619. The van der Waals surface area contributed by atoms with Crippen molar-refractivity contribution >= 4 is 11.9 Å². The zero-order valence-corrected chi connectivity index (χ0v) is 15.4. The van der Waals surface area contributed by atoms with E-state index >= 15 is 0 Å². The summed E-state index contributed by atoms with van der Waals surface area (Å²) in [6.07, 6.45) is 0.206. The molecule has 24 heavy (non-hydrogen) atoms. The zero-order chi connectivity index (χ0) is 18.0. The van der Waals surface area contributed by atoms with Crippen LogP contribution in [0.5, 0.6) is 0 Å². The van der Waals surface area contributed by atoms with Crippen LogP contribution in [0.4, 0.5) is 0 Å². The smallest absolute Gasteiger partial charge is 0.303 e. The standard InChI is InChI=1S/C19H28O5/c1-9-14(22)8-19-10(2)15(23-11(3)20)7-13(18(19,5)6)17(16(9)19)24-12(4)21/h10,13-15,17,22H,7-8H2,1-6H3/t10-,13-,14+,15+,17+,19+/m1/s1. The number of hydrogen-bond acceptors (Lipinski definition) is 5. The van der Waals surface area contributed by atoms with Crippen molar-refractivity contribution in [2.24, 2.45) is 22.7 Å². The third kappa shape index (κ3) is 2.03. The summed E-state index contributed by atoms with van der Waals surface area (Å²) in [5.74, 6) is -0.446. The van der Waals surface area contributed by atoms with Gasteiger partial charge in [0, 0.05) is 31.1 Å². The van der Waals surface area contributed by atoms with E-state index < -0.39 is 6.10 Å². The Balaban J connectivity index is 2.15. The number of fused-ring (bicyclic) bond motifs is 1. The number of aliphatic hydroxyl groups is 1. The third-order valence-electron chi connectivity index (χ3n) is 7.08. The van der Waals surface area contributed by atoms with Crippen molar-refractivity contribution in [3.63, 3.8) is 0 Å². The molecule has 2 fully saturated rings. The Kier molecular flexibility index (Phi) is 3.87. The van der Waals surface area contributed by atoms with Crippen LogP contribution in [0.3, 0.4) is 0 Å². The van der Waals surface area contributed by atoms with Gasteiger partial charge in [-0.25, -0.2) is 0 Å². The van der Waals surface area contributed by atoms with Gasteiger partial charge in [-0.15, -0.1) is 0 Å². The first-order valence-corrected chi connectivity index (χ1v) is 8.77. The highest BCUT2D eigenvalue weighted by molar-refractivity contribution is 5.67. The second-order valence-corrected chi connectivity index (χ2v) is 8.32. The van der Waals surface area contributed by atoms with Crippen LogP contribution in [-0.2, 0) is 19.1 Å². The molecule has 134 valence electrons. The van der Waals surface area contributed by atoms with Gasteiger partial charge in [0.05, 0.1) is 6.10 Å². The van der Waals surface area contributed by atoms with E-state index in [-0.39, 0.29) is 46.8 Å². The van der Waals surface area contributed by atoms with Crippen LogP contribution >= 0.6 is 0 Å². The van der Waals surface area contributed by atoms with Crippen LogP contribution in [0.2, 0.25) is 0 Å². The molecule has 5 nitrogen and oxygen atoms in total. The fraction of sp³-hybridized carbons (Fsp3) is 0.789. The molecule has 3 aliphatic carbocycles. The Morgan fingerprint density at radius 3 is 2.29 bits per heavy atom. The van der Waals surface area contributed by atoms with Gasteiger partial charge < -0.3 is 14.6 Å². The highest BCUT2D eigenvalue weighted by Crippen LogP contribution is 2.73. The van der Waals surface area contributed by atoms with Gasteiger partial charge in [0.25, 0.3) is 0 Å². The minimum absolute atomic E-state index is 0.0651. The molecule has 1 spiro atoms. The summed E-state index contributed by atoms with van der Waals surface area (Å²) in [7, 11) is 0. The number of hydrogen-bond donors (Lipinski definition) is 1. The quantitative estimate of drug-likeness (QED) is 0.620. The van der Waals surface area contributed by atoms with Gasteiger partial charge in [-0.2, -0.15) is 0 Å². The molecule has 3 rings (SSSR count). The van der Waals surface area contributed by atoms with Crippen LogP contribution in [0.25, 0.3) is 0 Å². The van der Waals surface area contributed by atoms with Gasteiger partial charge in [-0.3, -0.25) is 9.59 Å². The normalized spacial score (nSPS) is 42.7. The van der Waals surface area contributed by atoms with Gasteiger partial charge in [0.1, 0.15) is 12.2 Å². The molecule has 3 aliphatic rings. The molecule has 2 bridgehead atoms. The highest BCUT2D eigenvalue weighted by atomic mass is 16.6. The first kappa shape index (κ1) is 17.5. The molecule has 0 aliphatic heterocycles. The summed E-state index contributed by atoms with van der Waals surface area (Å²) in [5, 5.41) is 10.6. The van der Waals surface area contributed by atoms with Gasteiger partial charge >= 0.3 is 11.9 Å². The van der Waals surface area contributed by atoms with Crippen molar-refractivity contribution in [1.29, 1.82) is 0 Å². The maximum atomic E-state index is 11.7. The lowest BCUT2D eigenvalue weighted by molar-refractivity contribution is -0.168. The molecule has 0 radical (unpaired) electrons. The highest BCUT2D eigenvalue weighted by Gasteiger charge is 2.72. The molecule has 0 aromatic carbocycles. The van der Waals surface area contributed by atoms with E-state index in [1.807, 2.05) is 6.92 Å². The lowest BCUT2D eigenvalue weighted by atomic mass is 9.52. The van der Waals surface area contributed by atoms with E-state index in [0.29, 0.717) is 12.8 Å². The fourth-order valence-electron chi connectivity index (χ4n) is 5.99. The van der Waals surface area contributed by atoms with E-state index in [4.69, 9.17) is 9.47 Å². The molecule has 0 aromatic heterocycles.